The first-order valence-corrected chi connectivity index (χ1v) is 6.40. The standard InChI is InChI=1S/C12H15O2.C5H5.Fe/c1-4-14-12(13)10(3)9(2)11-7-5-6-8-11;1-2-4-5-3-1;/h5-8H,4H2,1-3H3;1-5H;/q;;+2/b10-9+;;. The Morgan fingerprint density at radius 2 is 1.40 bits per heavy atom. The Bertz CT molecular complexity index is 293. The van der Waals surface area contributed by atoms with Crippen LogP contribution in [0.5, 0.6) is 0 Å². The van der Waals surface area contributed by atoms with Gasteiger partial charge in [0.15, 0.2) is 0 Å². The number of ether oxygens (including phenoxy) is 1. The van der Waals surface area contributed by atoms with Crippen molar-refractivity contribution < 1.29 is 26.6 Å². The minimum Gasteiger partial charge on any atom is -0.463 e. The van der Waals surface area contributed by atoms with Gasteiger partial charge in [-0.15, -0.1) is 0 Å². The minimum atomic E-state index is -0.230. The van der Waals surface area contributed by atoms with Gasteiger partial charge in [-0.05, 0) is 78.6 Å². The largest absolute Gasteiger partial charge is 2.00 e. The first-order valence-electron chi connectivity index (χ1n) is 6.40. The van der Waals surface area contributed by atoms with Crippen molar-refractivity contribution in [2.45, 2.75) is 20.8 Å². The second-order valence-electron chi connectivity index (χ2n) is 4.11. The molecule has 0 atom stereocenters. The van der Waals surface area contributed by atoms with Crippen molar-refractivity contribution in [1.29, 1.82) is 0 Å². The van der Waals surface area contributed by atoms with Crippen LogP contribution in [0.15, 0.2) is 11.1 Å². The van der Waals surface area contributed by atoms with E-state index >= 15 is 0 Å². The third kappa shape index (κ3) is 6.95. The molecule has 0 bridgehead atoms. The molecule has 0 N–H and O–H groups in total. The summed E-state index contributed by atoms with van der Waals surface area (Å²) >= 11 is 0. The fraction of sp³-hybridized carbons (Fsp3) is 0.235. The van der Waals surface area contributed by atoms with Crippen LogP contribution in [0.3, 0.4) is 0 Å². The average Bonchev–Trinajstić information content (AvgIpc) is 3.11. The maximum atomic E-state index is 11.4. The van der Waals surface area contributed by atoms with E-state index in [9.17, 15) is 4.79 Å². The Morgan fingerprint density at radius 1 is 0.950 bits per heavy atom. The number of hydrogen-bond donors (Lipinski definition) is 0. The average molecular weight is 312 g/mol. The molecule has 106 valence electrons. The minimum absolute atomic E-state index is 0. The summed E-state index contributed by atoms with van der Waals surface area (Å²) in [6.07, 6.45) is 17.9. The van der Waals surface area contributed by atoms with Gasteiger partial charge in [-0.2, -0.15) is 0 Å². The van der Waals surface area contributed by atoms with E-state index in [1.54, 1.807) is 6.92 Å². The van der Waals surface area contributed by atoms with Crippen LogP contribution >= 0.6 is 0 Å². The molecule has 0 spiro atoms. The van der Waals surface area contributed by atoms with Crippen molar-refractivity contribution in [1.82, 2.24) is 0 Å². The Labute approximate surface area is 135 Å². The molecule has 0 aromatic carbocycles. The van der Waals surface area contributed by atoms with Crippen LogP contribution in [0.4, 0.5) is 0 Å². The Morgan fingerprint density at radius 3 is 1.80 bits per heavy atom. The van der Waals surface area contributed by atoms with E-state index in [-0.39, 0.29) is 23.0 Å². The molecule has 2 aliphatic carbocycles. The van der Waals surface area contributed by atoms with E-state index in [2.05, 4.69) is 0 Å². The van der Waals surface area contributed by atoms with Crippen molar-refractivity contribution in [3.05, 3.63) is 74.9 Å². The first-order chi connectivity index (χ1) is 9.16. The van der Waals surface area contributed by atoms with E-state index in [0.29, 0.717) is 12.2 Å². The molecule has 0 heterocycles. The molecule has 0 unspecified atom stereocenters. The third-order valence-electron chi connectivity index (χ3n) is 2.80. The normalized spacial score (nSPS) is 19.6. The van der Waals surface area contributed by atoms with Crippen LogP contribution in [-0.4, -0.2) is 12.6 Å². The van der Waals surface area contributed by atoms with Crippen LogP contribution in [-0.2, 0) is 26.6 Å². The molecule has 2 saturated carbocycles. The predicted octanol–water partition coefficient (Wildman–Crippen LogP) is 3.31. The van der Waals surface area contributed by atoms with E-state index in [1.165, 1.54) is 0 Å². The van der Waals surface area contributed by atoms with Crippen LogP contribution in [0.1, 0.15) is 20.8 Å². The Balaban J connectivity index is 0.000000507. The van der Waals surface area contributed by atoms with E-state index in [4.69, 9.17) is 4.74 Å². The van der Waals surface area contributed by atoms with Crippen LogP contribution in [0, 0.1) is 63.7 Å². The van der Waals surface area contributed by atoms with Gasteiger partial charge in [-0.25, -0.2) is 4.79 Å². The summed E-state index contributed by atoms with van der Waals surface area (Å²) in [6.45, 7) is 5.95. The molecule has 0 aromatic rings. The molecule has 2 nitrogen and oxygen atoms in total. The summed E-state index contributed by atoms with van der Waals surface area (Å²) in [5.41, 5.74) is 1.66. The molecule has 2 aliphatic rings. The van der Waals surface area contributed by atoms with E-state index < -0.39 is 0 Å². The van der Waals surface area contributed by atoms with Gasteiger partial charge in [-0.1, -0.05) is 5.57 Å². The maximum absolute atomic E-state index is 11.4. The van der Waals surface area contributed by atoms with Gasteiger partial charge < -0.3 is 4.74 Å². The SMILES string of the molecule is CCOC(=O)/C(C)=C(\C)[C]1[CH][CH][CH][CH]1.[CH]1[CH][CH][CH][CH]1.[Fe+2]. The maximum Gasteiger partial charge on any atom is 2.00 e. The number of carbonyl (C=O) groups excluding carboxylic acids is 1. The summed E-state index contributed by atoms with van der Waals surface area (Å²) in [5, 5.41) is 0. The number of rotatable bonds is 3. The van der Waals surface area contributed by atoms with Crippen molar-refractivity contribution in [2.75, 3.05) is 6.61 Å². The molecule has 3 heteroatoms. The Hall–Kier alpha value is -0.271. The molecule has 0 aromatic heterocycles. The van der Waals surface area contributed by atoms with Gasteiger partial charge in [0.2, 0.25) is 0 Å². The summed E-state index contributed by atoms with van der Waals surface area (Å²) in [5.74, 6) is 0.849. The van der Waals surface area contributed by atoms with Gasteiger partial charge >= 0.3 is 23.0 Å². The molecule has 20 heavy (non-hydrogen) atoms. The smallest absolute Gasteiger partial charge is 0.463 e. The number of esters is 1. The summed E-state index contributed by atoms with van der Waals surface area (Å²) < 4.78 is 4.93. The zero-order chi connectivity index (χ0) is 14.1. The number of hydrogen-bond acceptors (Lipinski definition) is 2. The molecule has 0 saturated heterocycles. The molecule has 2 fully saturated rings. The van der Waals surface area contributed by atoms with Crippen molar-refractivity contribution in [3.8, 4) is 0 Å². The van der Waals surface area contributed by atoms with Crippen LogP contribution in [0.2, 0.25) is 0 Å². The van der Waals surface area contributed by atoms with Crippen molar-refractivity contribution >= 4 is 5.97 Å². The number of carbonyl (C=O) groups is 1. The van der Waals surface area contributed by atoms with Gasteiger partial charge in [-0.3, -0.25) is 0 Å². The molecular weight excluding hydrogens is 292 g/mol. The number of allylic oxidation sites excluding steroid dienone is 1. The van der Waals surface area contributed by atoms with Crippen LogP contribution in [0.25, 0.3) is 0 Å². The molecule has 0 amide bonds. The molecule has 0 aliphatic heterocycles. The molecular formula is C17H20FeO2+2. The second kappa shape index (κ2) is 11.4. The topological polar surface area (TPSA) is 26.3 Å². The van der Waals surface area contributed by atoms with Gasteiger partial charge in [0.25, 0.3) is 0 Å². The predicted molar refractivity (Wildman–Crippen MR) is 77.0 cm³/mol. The monoisotopic (exact) mass is 312 g/mol. The van der Waals surface area contributed by atoms with Crippen LogP contribution < -0.4 is 0 Å². The zero-order valence-electron chi connectivity index (χ0n) is 12.1. The third-order valence-corrected chi connectivity index (χ3v) is 2.80. The fourth-order valence-corrected chi connectivity index (χ4v) is 1.55. The molecule has 2 rings (SSSR count). The molecule has 10 radical (unpaired) electrons. The van der Waals surface area contributed by atoms with Gasteiger partial charge in [0.05, 0.1) is 6.61 Å². The zero-order valence-corrected chi connectivity index (χ0v) is 13.2. The van der Waals surface area contributed by atoms with Gasteiger partial charge in [0, 0.05) is 11.5 Å². The van der Waals surface area contributed by atoms with Crippen molar-refractivity contribution in [3.63, 3.8) is 0 Å². The summed E-state index contributed by atoms with van der Waals surface area (Å²) in [4.78, 5) is 11.4. The Kier molecular flexibility index (Phi) is 11.2. The van der Waals surface area contributed by atoms with Gasteiger partial charge in [0.1, 0.15) is 0 Å². The second-order valence-corrected chi connectivity index (χ2v) is 4.11. The summed E-state index contributed by atoms with van der Waals surface area (Å²) in [6, 6.07) is 0. The first kappa shape index (κ1) is 19.7. The fourth-order valence-electron chi connectivity index (χ4n) is 1.55. The van der Waals surface area contributed by atoms with E-state index in [1.807, 2.05) is 71.6 Å². The van der Waals surface area contributed by atoms with Crippen molar-refractivity contribution in [2.24, 2.45) is 0 Å². The van der Waals surface area contributed by atoms with E-state index in [0.717, 1.165) is 11.5 Å². The quantitative estimate of drug-likeness (QED) is 0.454. The summed E-state index contributed by atoms with van der Waals surface area (Å²) in [7, 11) is 0.